The van der Waals surface area contributed by atoms with E-state index in [9.17, 15) is 0 Å². The first-order valence-corrected chi connectivity index (χ1v) is 6.33. The first-order chi connectivity index (χ1) is 8.20. The molecule has 17 heavy (non-hydrogen) atoms. The third kappa shape index (κ3) is 2.91. The number of benzene rings is 1. The summed E-state index contributed by atoms with van der Waals surface area (Å²) in [5.41, 5.74) is 3.67. The molecule has 0 spiro atoms. The zero-order valence-corrected chi connectivity index (χ0v) is 11.0. The number of nitrogens with one attached hydrogen (secondary N) is 2. The zero-order valence-electron chi connectivity index (χ0n) is 11.0. The van der Waals surface area contributed by atoms with Crippen molar-refractivity contribution in [2.75, 3.05) is 25.5 Å². The molecule has 1 aliphatic rings. The molecule has 1 atom stereocenters. The summed E-state index contributed by atoms with van der Waals surface area (Å²) >= 11 is 0. The topological polar surface area (TPSA) is 33.3 Å². The van der Waals surface area contributed by atoms with Gasteiger partial charge in [-0.05, 0) is 56.5 Å². The van der Waals surface area contributed by atoms with Gasteiger partial charge in [0.1, 0.15) is 5.75 Å². The minimum Gasteiger partial charge on any atom is -0.495 e. The highest BCUT2D eigenvalue weighted by Crippen LogP contribution is 2.28. The van der Waals surface area contributed by atoms with Crippen LogP contribution in [-0.2, 0) is 0 Å². The van der Waals surface area contributed by atoms with Gasteiger partial charge in [-0.15, -0.1) is 0 Å². The summed E-state index contributed by atoms with van der Waals surface area (Å²) < 4.78 is 5.41. The molecule has 0 bridgehead atoms. The molecule has 1 aromatic carbocycles. The largest absolute Gasteiger partial charge is 0.495 e. The Hall–Kier alpha value is -1.22. The highest BCUT2D eigenvalue weighted by Gasteiger charge is 2.14. The Morgan fingerprint density at radius 1 is 1.35 bits per heavy atom. The second kappa shape index (κ2) is 5.41. The number of anilines is 1. The van der Waals surface area contributed by atoms with Gasteiger partial charge in [0.15, 0.2) is 0 Å². The Kier molecular flexibility index (Phi) is 3.89. The maximum absolute atomic E-state index is 5.41. The van der Waals surface area contributed by atoms with Crippen molar-refractivity contribution in [2.45, 2.75) is 32.7 Å². The van der Waals surface area contributed by atoms with E-state index in [2.05, 4.69) is 36.6 Å². The molecule has 94 valence electrons. The summed E-state index contributed by atoms with van der Waals surface area (Å²) in [5, 5.41) is 6.97. The summed E-state index contributed by atoms with van der Waals surface area (Å²) in [7, 11) is 1.73. The number of hydrogen-bond donors (Lipinski definition) is 2. The van der Waals surface area contributed by atoms with Crippen molar-refractivity contribution in [2.24, 2.45) is 0 Å². The molecular weight excluding hydrogens is 212 g/mol. The molecule has 0 radical (unpaired) electrons. The summed E-state index contributed by atoms with van der Waals surface area (Å²) in [6, 6.07) is 4.87. The SMILES string of the molecule is COc1cc(C)c(C)cc1NCC1CCCN1. The van der Waals surface area contributed by atoms with Crippen LogP contribution >= 0.6 is 0 Å². The molecule has 3 heteroatoms. The fourth-order valence-electron chi connectivity index (χ4n) is 2.26. The molecule has 1 heterocycles. The smallest absolute Gasteiger partial charge is 0.142 e. The molecule has 2 N–H and O–H groups in total. The number of hydrogen-bond acceptors (Lipinski definition) is 3. The number of ether oxygens (including phenoxy) is 1. The molecule has 0 aromatic heterocycles. The summed E-state index contributed by atoms with van der Waals surface area (Å²) in [4.78, 5) is 0. The second-order valence-electron chi connectivity index (χ2n) is 4.81. The normalized spacial score (nSPS) is 19.4. The highest BCUT2D eigenvalue weighted by molar-refractivity contribution is 5.60. The van der Waals surface area contributed by atoms with Gasteiger partial charge in [-0.2, -0.15) is 0 Å². The third-order valence-electron chi connectivity index (χ3n) is 3.52. The van der Waals surface area contributed by atoms with E-state index in [1.807, 2.05) is 0 Å². The van der Waals surface area contributed by atoms with Crippen LogP contribution in [0.5, 0.6) is 5.75 Å². The predicted octanol–water partition coefficient (Wildman–Crippen LogP) is 2.48. The van der Waals surface area contributed by atoms with E-state index in [1.165, 1.54) is 24.0 Å². The Bertz CT molecular complexity index is 384. The van der Waals surface area contributed by atoms with E-state index in [1.54, 1.807) is 7.11 Å². The van der Waals surface area contributed by atoms with Gasteiger partial charge in [-0.25, -0.2) is 0 Å². The van der Waals surface area contributed by atoms with Crippen molar-refractivity contribution in [3.05, 3.63) is 23.3 Å². The van der Waals surface area contributed by atoms with E-state index >= 15 is 0 Å². The van der Waals surface area contributed by atoms with Crippen molar-refractivity contribution >= 4 is 5.69 Å². The summed E-state index contributed by atoms with van der Waals surface area (Å²) in [6.45, 7) is 6.36. The van der Waals surface area contributed by atoms with E-state index in [0.29, 0.717) is 6.04 Å². The van der Waals surface area contributed by atoms with Crippen molar-refractivity contribution in [3.8, 4) is 5.75 Å². The van der Waals surface area contributed by atoms with Crippen molar-refractivity contribution in [1.82, 2.24) is 5.32 Å². The van der Waals surface area contributed by atoms with Crippen LogP contribution in [0.2, 0.25) is 0 Å². The molecule has 1 saturated heterocycles. The lowest BCUT2D eigenvalue weighted by atomic mass is 10.1. The average molecular weight is 234 g/mol. The molecular formula is C14H22N2O. The van der Waals surface area contributed by atoms with Crippen LogP contribution in [0.25, 0.3) is 0 Å². The standard InChI is InChI=1S/C14H22N2O/c1-10-7-13(14(17-3)8-11(10)2)16-9-12-5-4-6-15-12/h7-8,12,15-16H,4-6,9H2,1-3H3. The molecule has 2 rings (SSSR count). The molecule has 1 unspecified atom stereocenters. The van der Waals surface area contributed by atoms with Gasteiger partial charge < -0.3 is 15.4 Å². The van der Waals surface area contributed by atoms with Crippen molar-refractivity contribution in [1.29, 1.82) is 0 Å². The molecule has 1 aromatic rings. The van der Waals surface area contributed by atoms with Crippen LogP contribution in [0, 0.1) is 13.8 Å². The minimum absolute atomic E-state index is 0.598. The Morgan fingerprint density at radius 3 is 2.76 bits per heavy atom. The van der Waals surface area contributed by atoms with Crippen LogP contribution in [0.1, 0.15) is 24.0 Å². The zero-order chi connectivity index (χ0) is 12.3. The predicted molar refractivity (Wildman–Crippen MR) is 72.0 cm³/mol. The fraction of sp³-hybridized carbons (Fsp3) is 0.571. The quantitative estimate of drug-likeness (QED) is 0.839. The number of aryl methyl sites for hydroxylation is 2. The van der Waals surface area contributed by atoms with Gasteiger partial charge in [0.25, 0.3) is 0 Å². The fourth-order valence-corrected chi connectivity index (χ4v) is 2.26. The van der Waals surface area contributed by atoms with Gasteiger partial charge in [-0.3, -0.25) is 0 Å². The van der Waals surface area contributed by atoms with Gasteiger partial charge in [0.05, 0.1) is 12.8 Å². The monoisotopic (exact) mass is 234 g/mol. The first-order valence-electron chi connectivity index (χ1n) is 6.33. The van der Waals surface area contributed by atoms with E-state index in [0.717, 1.165) is 24.5 Å². The minimum atomic E-state index is 0.598. The lowest BCUT2D eigenvalue weighted by Gasteiger charge is -2.16. The van der Waals surface area contributed by atoms with Crippen LogP contribution in [0.15, 0.2) is 12.1 Å². The molecule has 3 nitrogen and oxygen atoms in total. The van der Waals surface area contributed by atoms with Gasteiger partial charge >= 0.3 is 0 Å². The lowest BCUT2D eigenvalue weighted by molar-refractivity contribution is 0.416. The lowest BCUT2D eigenvalue weighted by Crippen LogP contribution is -2.29. The second-order valence-corrected chi connectivity index (χ2v) is 4.81. The molecule has 1 aliphatic heterocycles. The molecule has 0 aliphatic carbocycles. The van der Waals surface area contributed by atoms with Gasteiger partial charge in [0.2, 0.25) is 0 Å². The number of rotatable bonds is 4. The van der Waals surface area contributed by atoms with Crippen LogP contribution < -0.4 is 15.4 Å². The molecule has 0 amide bonds. The van der Waals surface area contributed by atoms with Crippen LogP contribution in [-0.4, -0.2) is 26.2 Å². The number of methoxy groups -OCH3 is 1. The van der Waals surface area contributed by atoms with Crippen molar-refractivity contribution in [3.63, 3.8) is 0 Å². The van der Waals surface area contributed by atoms with E-state index < -0.39 is 0 Å². The maximum Gasteiger partial charge on any atom is 0.142 e. The van der Waals surface area contributed by atoms with E-state index in [4.69, 9.17) is 4.74 Å². The van der Waals surface area contributed by atoms with E-state index in [-0.39, 0.29) is 0 Å². The average Bonchev–Trinajstić information content (AvgIpc) is 2.83. The highest BCUT2D eigenvalue weighted by atomic mass is 16.5. The first kappa shape index (κ1) is 12.2. The summed E-state index contributed by atoms with van der Waals surface area (Å²) in [6.07, 6.45) is 2.55. The summed E-state index contributed by atoms with van der Waals surface area (Å²) in [5.74, 6) is 0.936. The van der Waals surface area contributed by atoms with Crippen molar-refractivity contribution < 1.29 is 4.74 Å². The van der Waals surface area contributed by atoms with Gasteiger partial charge in [-0.1, -0.05) is 0 Å². The van der Waals surface area contributed by atoms with Gasteiger partial charge in [0, 0.05) is 12.6 Å². The Morgan fingerprint density at radius 2 is 2.12 bits per heavy atom. The molecule has 1 fully saturated rings. The maximum atomic E-state index is 5.41. The molecule has 0 saturated carbocycles. The van der Waals surface area contributed by atoms with Crippen LogP contribution in [0.4, 0.5) is 5.69 Å². The van der Waals surface area contributed by atoms with Crippen LogP contribution in [0.3, 0.4) is 0 Å². The Labute approximate surface area is 104 Å². The third-order valence-corrected chi connectivity index (χ3v) is 3.52. The Balaban J connectivity index is 2.05.